The number of benzene rings is 2. The molecule has 33 heavy (non-hydrogen) atoms. The molecule has 1 N–H and O–H groups in total. The fourth-order valence-electron chi connectivity index (χ4n) is 3.80. The van der Waals surface area contributed by atoms with Crippen LogP contribution in [0.25, 0.3) is 11.8 Å². The molecule has 3 aromatic rings. The molecular formula is C24H17BrFN5OS. The lowest BCUT2D eigenvalue weighted by Crippen LogP contribution is -2.35. The number of carbonyl (C=O) groups is 1. The van der Waals surface area contributed by atoms with E-state index in [2.05, 4.69) is 30.6 Å². The van der Waals surface area contributed by atoms with Gasteiger partial charge in [0.1, 0.15) is 10.9 Å². The van der Waals surface area contributed by atoms with Crippen molar-refractivity contribution in [1.82, 2.24) is 9.58 Å². The average molecular weight is 522 g/mol. The number of carbonyl (C=O) groups excluding carboxylic acids is 1. The Balaban J connectivity index is 1.51. The number of rotatable bonds is 3. The highest BCUT2D eigenvalue weighted by Crippen LogP contribution is 2.32. The van der Waals surface area contributed by atoms with E-state index < -0.39 is 5.91 Å². The van der Waals surface area contributed by atoms with Gasteiger partial charge in [-0.1, -0.05) is 22.0 Å². The van der Waals surface area contributed by atoms with Crippen LogP contribution in [0.2, 0.25) is 0 Å². The van der Waals surface area contributed by atoms with E-state index >= 15 is 0 Å². The van der Waals surface area contributed by atoms with Gasteiger partial charge in [0, 0.05) is 27.1 Å². The van der Waals surface area contributed by atoms with Crippen molar-refractivity contribution in [3.05, 3.63) is 93.0 Å². The third-order valence-electron chi connectivity index (χ3n) is 5.38. The second kappa shape index (κ2) is 8.24. The van der Waals surface area contributed by atoms with E-state index in [0.717, 1.165) is 27.1 Å². The Morgan fingerprint density at radius 1 is 1.12 bits per heavy atom. The van der Waals surface area contributed by atoms with Gasteiger partial charge in [-0.15, -0.1) is 0 Å². The maximum atomic E-state index is 13.3. The van der Waals surface area contributed by atoms with Gasteiger partial charge in [-0.05, 0) is 85.8 Å². The molecule has 1 amide bonds. The molecular weight excluding hydrogens is 505 g/mol. The molecule has 2 aliphatic rings. The fourth-order valence-corrected chi connectivity index (χ4v) is 5.09. The molecule has 2 aliphatic heterocycles. The topological polar surface area (TPSA) is 73.8 Å². The molecule has 0 spiro atoms. The Hall–Kier alpha value is -3.30. The zero-order valence-electron chi connectivity index (χ0n) is 17.6. The Kier molecular flexibility index (Phi) is 5.38. The summed E-state index contributed by atoms with van der Waals surface area (Å²) in [5, 5.41) is 15.3. The van der Waals surface area contributed by atoms with Crippen LogP contribution in [-0.2, 0) is 4.79 Å². The minimum Gasteiger partial charge on any atom is -0.318 e. The van der Waals surface area contributed by atoms with Gasteiger partial charge >= 0.3 is 0 Å². The molecule has 0 saturated heterocycles. The van der Waals surface area contributed by atoms with E-state index in [9.17, 15) is 9.18 Å². The number of thioether (sulfide) groups is 1. The van der Waals surface area contributed by atoms with E-state index in [1.54, 1.807) is 18.2 Å². The van der Waals surface area contributed by atoms with Crippen molar-refractivity contribution >= 4 is 55.7 Å². The Bertz CT molecular complexity index is 1420. The molecule has 0 atom stereocenters. The number of nitrogens with zero attached hydrogens (tertiary/aromatic N) is 4. The van der Waals surface area contributed by atoms with Gasteiger partial charge in [-0.2, -0.15) is 15.1 Å². The van der Waals surface area contributed by atoms with Gasteiger partial charge < -0.3 is 4.57 Å². The number of halogens is 2. The normalized spacial score (nSPS) is 16.8. The van der Waals surface area contributed by atoms with Crippen LogP contribution in [0.15, 0.2) is 74.7 Å². The highest BCUT2D eigenvalue weighted by Gasteiger charge is 2.36. The van der Waals surface area contributed by atoms with Gasteiger partial charge in [0.25, 0.3) is 5.91 Å². The lowest BCUT2D eigenvalue weighted by atomic mass is 10.1. The lowest BCUT2D eigenvalue weighted by Gasteiger charge is -2.20. The second-order valence-corrected chi connectivity index (χ2v) is 9.45. The van der Waals surface area contributed by atoms with Crippen LogP contribution in [0.4, 0.5) is 4.39 Å². The molecule has 0 unspecified atom stereocenters. The molecule has 0 aliphatic carbocycles. The maximum absolute atomic E-state index is 13.3. The molecule has 2 aromatic carbocycles. The van der Waals surface area contributed by atoms with Crippen molar-refractivity contribution in [3.63, 3.8) is 0 Å². The summed E-state index contributed by atoms with van der Waals surface area (Å²) in [6.07, 6.45) is 1.69. The minimum absolute atomic E-state index is 0.0399. The fraction of sp³-hybridized carbons (Fsp3) is 0.0833. The molecule has 9 heteroatoms. The van der Waals surface area contributed by atoms with Crippen LogP contribution in [0, 0.1) is 25.1 Å². The number of hydrazone groups is 1. The quantitative estimate of drug-likeness (QED) is 0.451. The van der Waals surface area contributed by atoms with E-state index in [1.165, 1.54) is 28.9 Å². The van der Waals surface area contributed by atoms with E-state index in [-0.39, 0.29) is 17.2 Å². The number of aryl methyl sites for hydroxylation is 1. The highest BCUT2D eigenvalue weighted by atomic mass is 79.9. The second-order valence-electron chi connectivity index (χ2n) is 7.57. The third kappa shape index (κ3) is 3.87. The summed E-state index contributed by atoms with van der Waals surface area (Å²) in [4.78, 5) is 17.0. The van der Waals surface area contributed by atoms with Crippen LogP contribution in [-0.4, -0.2) is 31.5 Å². The van der Waals surface area contributed by atoms with Crippen molar-refractivity contribution in [3.8, 4) is 5.69 Å². The number of amides is 1. The first-order valence-electron chi connectivity index (χ1n) is 10.0. The number of aromatic nitrogens is 1. The Labute approximate surface area is 202 Å². The van der Waals surface area contributed by atoms with Gasteiger partial charge in [0.05, 0.1) is 5.57 Å². The summed E-state index contributed by atoms with van der Waals surface area (Å²) in [6.45, 7) is 3.97. The van der Waals surface area contributed by atoms with Crippen molar-refractivity contribution in [1.29, 1.82) is 5.41 Å². The van der Waals surface area contributed by atoms with Gasteiger partial charge in [-0.3, -0.25) is 10.2 Å². The monoisotopic (exact) mass is 521 g/mol. The number of nitrogens with one attached hydrogen (secondary N) is 1. The SMILES string of the molecule is Cc1cc(/C=C2/C(=N)N3N=C(c4ccc(F)cc4)SC3=NC2=O)c(C)n1-c1cccc(Br)c1. The number of hydrogen-bond acceptors (Lipinski definition) is 4. The summed E-state index contributed by atoms with van der Waals surface area (Å²) < 4.78 is 16.3. The molecule has 3 heterocycles. The molecule has 164 valence electrons. The third-order valence-corrected chi connectivity index (χ3v) is 6.83. The first-order chi connectivity index (χ1) is 15.8. The zero-order chi connectivity index (χ0) is 23.3. The van der Waals surface area contributed by atoms with Crippen LogP contribution >= 0.6 is 27.7 Å². The minimum atomic E-state index is -0.485. The molecule has 5 rings (SSSR count). The summed E-state index contributed by atoms with van der Waals surface area (Å²) >= 11 is 4.69. The average Bonchev–Trinajstić information content (AvgIpc) is 3.32. The van der Waals surface area contributed by atoms with E-state index in [1.807, 2.05) is 44.2 Å². The summed E-state index contributed by atoms with van der Waals surface area (Å²) in [6, 6.07) is 15.9. The van der Waals surface area contributed by atoms with E-state index in [0.29, 0.717) is 15.8 Å². The van der Waals surface area contributed by atoms with E-state index in [4.69, 9.17) is 5.41 Å². The van der Waals surface area contributed by atoms with Crippen molar-refractivity contribution < 1.29 is 9.18 Å². The van der Waals surface area contributed by atoms with Crippen LogP contribution < -0.4 is 0 Å². The van der Waals surface area contributed by atoms with Crippen LogP contribution in [0.1, 0.15) is 22.5 Å². The number of aliphatic imine (C=N–C) groups is 1. The maximum Gasteiger partial charge on any atom is 0.283 e. The first kappa shape index (κ1) is 21.5. The number of amidine groups is 2. The predicted molar refractivity (Wildman–Crippen MR) is 133 cm³/mol. The molecule has 0 saturated carbocycles. The Morgan fingerprint density at radius 3 is 2.61 bits per heavy atom. The molecule has 0 radical (unpaired) electrons. The van der Waals surface area contributed by atoms with Crippen LogP contribution in [0.5, 0.6) is 0 Å². The van der Waals surface area contributed by atoms with Gasteiger partial charge in [0.2, 0.25) is 5.17 Å². The number of fused-ring (bicyclic) bond motifs is 1. The molecule has 6 nitrogen and oxygen atoms in total. The van der Waals surface area contributed by atoms with Crippen molar-refractivity contribution in [2.75, 3.05) is 0 Å². The van der Waals surface area contributed by atoms with Crippen LogP contribution in [0.3, 0.4) is 0 Å². The lowest BCUT2D eigenvalue weighted by molar-refractivity contribution is -0.114. The summed E-state index contributed by atoms with van der Waals surface area (Å²) in [7, 11) is 0. The van der Waals surface area contributed by atoms with Gasteiger partial charge in [-0.25, -0.2) is 4.39 Å². The van der Waals surface area contributed by atoms with Gasteiger partial charge in [0.15, 0.2) is 5.84 Å². The predicted octanol–water partition coefficient (Wildman–Crippen LogP) is 5.66. The Morgan fingerprint density at radius 2 is 1.88 bits per heavy atom. The number of hydrogen-bond donors (Lipinski definition) is 1. The largest absolute Gasteiger partial charge is 0.318 e. The molecule has 1 aromatic heterocycles. The zero-order valence-corrected chi connectivity index (χ0v) is 20.0. The summed E-state index contributed by atoms with van der Waals surface area (Å²) in [5.74, 6) is -0.866. The molecule has 0 fully saturated rings. The van der Waals surface area contributed by atoms with Crippen molar-refractivity contribution in [2.45, 2.75) is 13.8 Å². The standard InChI is InChI=1S/C24H17BrFN5OS/c1-13-10-16(14(2)30(13)19-5-3-4-17(25)12-19)11-20-21(27)31-24(28-22(20)32)33-23(29-31)15-6-8-18(26)9-7-15/h3-12,27H,1-2H3/b20-11-,27-21?. The highest BCUT2D eigenvalue weighted by molar-refractivity contribution is 9.10. The smallest absolute Gasteiger partial charge is 0.283 e. The van der Waals surface area contributed by atoms with Crippen molar-refractivity contribution in [2.24, 2.45) is 10.1 Å². The summed E-state index contributed by atoms with van der Waals surface area (Å²) in [5.41, 5.74) is 4.64. The first-order valence-corrected chi connectivity index (χ1v) is 11.6. The molecule has 0 bridgehead atoms.